The summed E-state index contributed by atoms with van der Waals surface area (Å²) in [4.78, 5) is 34.2. The maximum Gasteiger partial charge on any atom is 0.335 e. The van der Waals surface area contributed by atoms with Crippen molar-refractivity contribution in [2.24, 2.45) is 4.99 Å². The second-order valence-electron chi connectivity index (χ2n) is 7.38. The van der Waals surface area contributed by atoms with Crippen LogP contribution in [0.25, 0.3) is 17.4 Å². The highest BCUT2D eigenvalue weighted by atomic mass is 32.2. The molecule has 0 unspecified atom stereocenters. The Labute approximate surface area is 203 Å². The SMILES string of the molecule is O=C(O)c1cccc(-c2ccc(C=C3SC(=Nc4ccccc4)N(c4cccnc4F)C3=O)o2)c1. The number of halogens is 1. The van der Waals surface area contributed by atoms with Crippen LogP contribution in [-0.2, 0) is 4.79 Å². The fourth-order valence-corrected chi connectivity index (χ4v) is 4.41. The van der Waals surface area contributed by atoms with Crippen LogP contribution in [0.5, 0.6) is 0 Å². The molecule has 1 saturated heterocycles. The molecule has 4 aromatic rings. The van der Waals surface area contributed by atoms with Crippen LogP contribution in [0.3, 0.4) is 0 Å². The number of carboxylic acids is 1. The number of hydrogen-bond donors (Lipinski definition) is 1. The number of aromatic nitrogens is 1. The number of aliphatic imine (C=N–C) groups is 1. The zero-order valence-corrected chi connectivity index (χ0v) is 18.8. The standard InChI is InChI=1S/C26H16FN3O4S/c27-23-20(10-5-13-28-23)30-24(31)22(35-26(30)29-18-8-2-1-3-9-18)15-19-11-12-21(34-19)16-6-4-7-17(14-16)25(32)33/h1-15H,(H,32,33). The fourth-order valence-electron chi connectivity index (χ4n) is 3.44. The molecule has 0 atom stereocenters. The third-order valence-electron chi connectivity index (χ3n) is 5.06. The number of carboxylic acid groups (broad SMARTS) is 1. The van der Waals surface area contributed by atoms with Gasteiger partial charge < -0.3 is 9.52 Å². The van der Waals surface area contributed by atoms with Crippen molar-refractivity contribution in [2.45, 2.75) is 0 Å². The van der Waals surface area contributed by atoms with Crippen molar-refractivity contribution in [3.8, 4) is 11.3 Å². The number of pyridine rings is 1. The second kappa shape index (κ2) is 9.40. The van der Waals surface area contributed by atoms with E-state index in [-0.39, 0.29) is 21.3 Å². The van der Waals surface area contributed by atoms with Gasteiger partial charge in [-0.05, 0) is 60.3 Å². The van der Waals surface area contributed by atoms with Gasteiger partial charge in [0.05, 0.1) is 16.2 Å². The number of amides is 1. The summed E-state index contributed by atoms with van der Waals surface area (Å²) < 4.78 is 20.4. The normalized spacial score (nSPS) is 15.8. The van der Waals surface area contributed by atoms with Crippen LogP contribution in [0.1, 0.15) is 16.1 Å². The van der Waals surface area contributed by atoms with Gasteiger partial charge in [0.15, 0.2) is 5.17 Å². The van der Waals surface area contributed by atoms with E-state index in [1.165, 1.54) is 29.3 Å². The highest BCUT2D eigenvalue weighted by molar-refractivity contribution is 8.19. The quantitative estimate of drug-likeness (QED) is 0.276. The number of hydrogen-bond acceptors (Lipinski definition) is 6. The molecule has 0 saturated carbocycles. The minimum Gasteiger partial charge on any atom is -0.478 e. The average Bonchev–Trinajstić information content (AvgIpc) is 3.45. The van der Waals surface area contributed by atoms with Crippen LogP contribution in [0.4, 0.5) is 15.8 Å². The molecule has 172 valence electrons. The summed E-state index contributed by atoms with van der Waals surface area (Å²) in [6.07, 6.45) is 2.85. The summed E-state index contributed by atoms with van der Waals surface area (Å²) >= 11 is 1.09. The number of carbonyl (C=O) groups is 2. The summed E-state index contributed by atoms with van der Waals surface area (Å²) in [5.41, 5.74) is 1.33. The van der Waals surface area contributed by atoms with E-state index >= 15 is 0 Å². The molecule has 1 N–H and O–H groups in total. The molecule has 35 heavy (non-hydrogen) atoms. The largest absolute Gasteiger partial charge is 0.478 e. The van der Waals surface area contributed by atoms with Gasteiger partial charge in [0, 0.05) is 17.8 Å². The lowest BCUT2D eigenvalue weighted by Gasteiger charge is -2.15. The highest BCUT2D eigenvalue weighted by Crippen LogP contribution is 2.38. The molecule has 1 amide bonds. The molecular weight excluding hydrogens is 469 g/mol. The van der Waals surface area contributed by atoms with E-state index in [0.717, 1.165) is 11.8 Å². The predicted molar refractivity (Wildman–Crippen MR) is 132 cm³/mol. The molecule has 2 aromatic carbocycles. The predicted octanol–water partition coefficient (Wildman–Crippen LogP) is 5.99. The number of carbonyl (C=O) groups excluding carboxylic acids is 1. The molecule has 0 spiro atoms. The van der Waals surface area contributed by atoms with Gasteiger partial charge in [-0.25, -0.2) is 19.7 Å². The number of aromatic carboxylic acids is 1. The highest BCUT2D eigenvalue weighted by Gasteiger charge is 2.36. The van der Waals surface area contributed by atoms with Crippen molar-refractivity contribution in [2.75, 3.05) is 4.90 Å². The van der Waals surface area contributed by atoms with Crippen molar-refractivity contribution in [1.29, 1.82) is 0 Å². The Morgan fingerprint density at radius 3 is 2.66 bits per heavy atom. The van der Waals surface area contributed by atoms with E-state index in [1.54, 1.807) is 48.5 Å². The average molecular weight is 485 g/mol. The van der Waals surface area contributed by atoms with Crippen LogP contribution in [0.15, 0.2) is 99.4 Å². The number of thioether (sulfide) groups is 1. The lowest BCUT2D eigenvalue weighted by Crippen LogP contribution is -2.29. The number of nitrogens with zero attached hydrogens (tertiary/aromatic N) is 3. The molecule has 2 aromatic heterocycles. The van der Waals surface area contributed by atoms with Crippen LogP contribution < -0.4 is 4.90 Å². The van der Waals surface area contributed by atoms with Crippen molar-refractivity contribution in [3.05, 3.63) is 107 Å². The van der Waals surface area contributed by atoms with Crippen molar-refractivity contribution in [1.82, 2.24) is 4.98 Å². The van der Waals surface area contributed by atoms with Gasteiger partial charge in [-0.2, -0.15) is 4.39 Å². The molecule has 1 aliphatic rings. The van der Waals surface area contributed by atoms with Gasteiger partial charge in [-0.1, -0.05) is 30.3 Å². The van der Waals surface area contributed by atoms with Gasteiger partial charge in [-0.3, -0.25) is 4.79 Å². The Bertz CT molecular complexity index is 1500. The van der Waals surface area contributed by atoms with E-state index < -0.39 is 17.8 Å². The van der Waals surface area contributed by atoms with Gasteiger partial charge in [0.1, 0.15) is 17.2 Å². The molecule has 1 fully saturated rings. The molecule has 9 heteroatoms. The monoisotopic (exact) mass is 485 g/mol. The lowest BCUT2D eigenvalue weighted by molar-refractivity contribution is -0.113. The topological polar surface area (TPSA) is 96.0 Å². The van der Waals surface area contributed by atoms with Crippen molar-refractivity contribution >= 4 is 46.3 Å². The van der Waals surface area contributed by atoms with E-state index in [9.17, 15) is 19.1 Å². The van der Waals surface area contributed by atoms with Crippen LogP contribution in [0.2, 0.25) is 0 Å². The van der Waals surface area contributed by atoms with E-state index in [1.807, 2.05) is 18.2 Å². The molecule has 0 bridgehead atoms. The summed E-state index contributed by atoms with van der Waals surface area (Å²) in [6, 6.07) is 21.8. The van der Waals surface area contributed by atoms with Gasteiger partial charge in [0.25, 0.3) is 5.91 Å². The lowest BCUT2D eigenvalue weighted by atomic mass is 10.1. The summed E-state index contributed by atoms with van der Waals surface area (Å²) in [5.74, 6) is -1.47. The van der Waals surface area contributed by atoms with E-state index in [2.05, 4.69) is 9.98 Å². The van der Waals surface area contributed by atoms with E-state index in [0.29, 0.717) is 22.8 Å². The number of furan rings is 1. The Morgan fingerprint density at radius 1 is 1.06 bits per heavy atom. The number of rotatable bonds is 5. The number of amidine groups is 1. The third-order valence-corrected chi connectivity index (χ3v) is 6.03. The zero-order chi connectivity index (χ0) is 24.4. The van der Waals surface area contributed by atoms with Crippen molar-refractivity contribution in [3.63, 3.8) is 0 Å². The molecular formula is C26H16FN3O4S. The van der Waals surface area contributed by atoms with Crippen LogP contribution >= 0.6 is 11.8 Å². The van der Waals surface area contributed by atoms with Gasteiger partial charge in [-0.15, -0.1) is 0 Å². The molecule has 0 radical (unpaired) electrons. The Balaban J connectivity index is 1.51. The van der Waals surface area contributed by atoms with Crippen LogP contribution in [0, 0.1) is 5.95 Å². The first-order chi connectivity index (χ1) is 17.0. The van der Waals surface area contributed by atoms with Crippen LogP contribution in [-0.4, -0.2) is 27.1 Å². The van der Waals surface area contributed by atoms with E-state index in [4.69, 9.17) is 4.42 Å². The summed E-state index contributed by atoms with van der Waals surface area (Å²) in [7, 11) is 0. The Morgan fingerprint density at radius 2 is 1.89 bits per heavy atom. The third kappa shape index (κ3) is 4.62. The van der Waals surface area contributed by atoms with Gasteiger partial charge in [0.2, 0.25) is 5.95 Å². The first-order valence-corrected chi connectivity index (χ1v) is 11.2. The Kier molecular flexibility index (Phi) is 5.99. The second-order valence-corrected chi connectivity index (χ2v) is 8.39. The molecule has 3 heterocycles. The minimum absolute atomic E-state index is 0.00583. The first kappa shape index (κ1) is 22.3. The minimum atomic E-state index is -1.04. The smallest absolute Gasteiger partial charge is 0.335 e. The number of benzene rings is 2. The first-order valence-electron chi connectivity index (χ1n) is 10.4. The van der Waals surface area contributed by atoms with Crippen molar-refractivity contribution < 1.29 is 23.5 Å². The molecule has 0 aliphatic carbocycles. The van der Waals surface area contributed by atoms with Gasteiger partial charge >= 0.3 is 5.97 Å². The Hall–Kier alpha value is -4.50. The molecule has 5 rings (SSSR count). The maximum atomic E-state index is 14.5. The molecule has 7 nitrogen and oxygen atoms in total. The fraction of sp³-hybridized carbons (Fsp3) is 0. The number of anilines is 1. The summed E-state index contributed by atoms with van der Waals surface area (Å²) in [5, 5.41) is 9.50. The number of para-hydroxylation sites is 1. The molecule has 1 aliphatic heterocycles. The summed E-state index contributed by atoms with van der Waals surface area (Å²) in [6.45, 7) is 0. The maximum absolute atomic E-state index is 14.5. The zero-order valence-electron chi connectivity index (χ0n) is 18.0.